The van der Waals surface area contributed by atoms with Gasteiger partial charge in [-0.15, -0.1) is 0 Å². The zero-order chi connectivity index (χ0) is 13.1. The van der Waals surface area contributed by atoms with Gasteiger partial charge in [-0.25, -0.2) is 0 Å². The molecule has 0 aliphatic rings. The number of nitrogen functional groups attached to an aromatic ring is 1. The van der Waals surface area contributed by atoms with Crippen molar-refractivity contribution in [2.24, 2.45) is 0 Å². The molecular weight excluding hydrogens is 296 g/mol. The fourth-order valence-electron chi connectivity index (χ4n) is 1.40. The van der Waals surface area contributed by atoms with Crippen molar-refractivity contribution in [3.05, 3.63) is 40.9 Å². The van der Waals surface area contributed by atoms with Crippen LogP contribution >= 0.6 is 15.9 Å². The molecular formula is C13H13BrN2O2. The minimum absolute atomic E-state index is 0.365. The molecule has 0 aliphatic carbocycles. The van der Waals surface area contributed by atoms with Gasteiger partial charge in [-0.1, -0.05) is 11.7 Å². The summed E-state index contributed by atoms with van der Waals surface area (Å²) >= 11 is 3.45. The lowest BCUT2D eigenvalue weighted by Gasteiger charge is -2.08. The molecule has 1 aromatic heterocycles. The molecule has 2 rings (SSSR count). The molecule has 0 saturated carbocycles. The van der Waals surface area contributed by atoms with Crippen LogP contribution in [-0.2, 0) is 0 Å². The van der Waals surface area contributed by atoms with Gasteiger partial charge in [0.15, 0.2) is 11.6 Å². The van der Waals surface area contributed by atoms with Gasteiger partial charge in [-0.05, 0) is 46.6 Å². The summed E-state index contributed by atoms with van der Waals surface area (Å²) in [5.41, 5.74) is 7.36. The highest BCUT2D eigenvalue weighted by molar-refractivity contribution is 9.10. The fourth-order valence-corrected chi connectivity index (χ4v) is 1.89. The van der Waals surface area contributed by atoms with Gasteiger partial charge < -0.3 is 15.0 Å². The van der Waals surface area contributed by atoms with Gasteiger partial charge >= 0.3 is 0 Å². The number of rotatable bonds is 4. The van der Waals surface area contributed by atoms with E-state index in [4.69, 9.17) is 15.0 Å². The van der Waals surface area contributed by atoms with E-state index in [-0.39, 0.29) is 0 Å². The van der Waals surface area contributed by atoms with Crippen LogP contribution in [0.2, 0.25) is 0 Å². The Balaban J connectivity index is 2.22. The molecule has 1 heterocycles. The molecule has 5 heteroatoms. The number of hydrogen-bond donors (Lipinski definition) is 1. The van der Waals surface area contributed by atoms with Crippen molar-refractivity contribution >= 4 is 21.7 Å². The highest BCUT2D eigenvalue weighted by atomic mass is 79.9. The number of nitrogens with two attached hydrogens (primary N) is 1. The average molecular weight is 309 g/mol. The number of benzene rings is 1. The maximum Gasteiger partial charge on any atom is 0.169 e. The van der Waals surface area contributed by atoms with Crippen molar-refractivity contribution in [1.82, 2.24) is 5.16 Å². The number of ether oxygens (including phenoxy) is 1. The van der Waals surface area contributed by atoms with Crippen LogP contribution in [0.5, 0.6) is 5.75 Å². The van der Waals surface area contributed by atoms with Crippen LogP contribution in [0.1, 0.15) is 6.92 Å². The normalized spacial score (nSPS) is 10.3. The molecule has 0 spiro atoms. The zero-order valence-corrected chi connectivity index (χ0v) is 11.5. The topological polar surface area (TPSA) is 61.3 Å². The molecule has 2 N–H and O–H groups in total. The van der Waals surface area contributed by atoms with Gasteiger partial charge in [0.2, 0.25) is 0 Å². The molecule has 2 aromatic rings. The lowest BCUT2D eigenvalue weighted by atomic mass is 10.1. The van der Waals surface area contributed by atoms with Crippen LogP contribution in [-0.4, -0.2) is 11.8 Å². The largest absolute Gasteiger partial charge is 0.488 e. The van der Waals surface area contributed by atoms with Crippen LogP contribution in [0, 0.1) is 0 Å². The summed E-state index contributed by atoms with van der Waals surface area (Å²) in [6.45, 7) is 6.20. The van der Waals surface area contributed by atoms with Crippen LogP contribution < -0.4 is 10.5 Å². The van der Waals surface area contributed by atoms with E-state index in [2.05, 4.69) is 27.7 Å². The number of hydrogen-bond acceptors (Lipinski definition) is 4. The first-order chi connectivity index (χ1) is 8.56. The third kappa shape index (κ3) is 2.92. The first kappa shape index (κ1) is 12.7. The van der Waals surface area contributed by atoms with E-state index in [1.807, 2.05) is 25.1 Å². The summed E-state index contributed by atoms with van der Waals surface area (Å²) in [6.07, 6.45) is 0. The highest BCUT2D eigenvalue weighted by Crippen LogP contribution is 2.31. The second kappa shape index (κ2) is 5.27. The van der Waals surface area contributed by atoms with Crippen molar-refractivity contribution < 1.29 is 9.26 Å². The van der Waals surface area contributed by atoms with Crippen molar-refractivity contribution in [3.8, 4) is 17.1 Å². The Morgan fingerprint density at radius 1 is 1.50 bits per heavy atom. The third-order valence-corrected chi connectivity index (χ3v) is 2.84. The van der Waals surface area contributed by atoms with E-state index in [9.17, 15) is 0 Å². The van der Waals surface area contributed by atoms with Gasteiger partial charge in [-0.3, -0.25) is 0 Å². The zero-order valence-electron chi connectivity index (χ0n) is 9.94. The second-order valence-electron chi connectivity index (χ2n) is 4.01. The number of anilines is 1. The minimum Gasteiger partial charge on any atom is -0.488 e. The number of halogens is 1. The maximum absolute atomic E-state index is 5.58. The molecule has 0 bridgehead atoms. The Kier molecular flexibility index (Phi) is 3.72. The molecule has 4 nitrogen and oxygen atoms in total. The maximum atomic E-state index is 5.58. The predicted octanol–water partition coefficient (Wildman–Crippen LogP) is 3.64. The molecule has 0 amide bonds. The lowest BCUT2D eigenvalue weighted by molar-refractivity contribution is 0.350. The standard InChI is InChI=1S/C13H13BrN2O2/c1-8(2)7-17-11-4-3-9(5-10(11)14)12-6-13(15)16-18-12/h3-6H,1,7H2,2H3,(H2,15,16). The Bertz CT molecular complexity index is 578. The molecule has 1 aromatic carbocycles. The summed E-state index contributed by atoms with van der Waals surface area (Å²) in [5.74, 6) is 1.75. The Hall–Kier alpha value is -1.75. The molecule has 18 heavy (non-hydrogen) atoms. The average Bonchev–Trinajstić information content (AvgIpc) is 2.74. The Morgan fingerprint density at radius 2 is 2.28 bits per heavy atom. The van der Waals surface area contributed by atoms with Crippen LogP contribution in [0.4, 0.5) is 5.82 Å². The summed E-state index contributed by atoms with van der Waals surface area (Å²) in [6, 6.07) is 7.32. The van der Waals surface area contributed by atoms with Crippen molar-refractivity contribution in [2.75, 3.05) is 12.3 Å². The number of nitrogens with zero attached hydrogens (tertiary/aromatic N) is 1. The summed E-state index contributed by atoms with van der Waals surface area (Å²) in [5, 5.41) is 3.65. The van der Waals surface area contributed by atoms with Gasteiger partial charge in [0.1, 0.15) is 12.4 Å². The van der Waals surface area contributed by atoms with Gasteiger partial charge in [0.25, 0.3) is 0 Å². The first-order valence-corrected chi connectivity index (χ1v) is 6.15. The van der Waals surface area contributed by atoms with E-state index < -0.39 is 0 Å². The Labute approximate surface area is 114 Å². The predicted molar refractivity (Wildman–Crippen MR) is 74.4 cm³/mol. The van der Waals surface area contributed by atoms with E-state index in [1.54, 1.807) is 6.07 Å². The van der Waals surface area contributed by atoms with Crippen LogP contribution in [0.25, 0.3) is 11.3 Å². The van der Waals surface area contributed by atoms with E-state index >= 15 is 0 Å². The first-order valence-electron chi connectivity index (χ1n) is 5.35. The molecule has 0 atom stereocenters. The molecule has 0 saturated heterocycles. The van der Waals surface area contributed by atoms with Crippen molar-refractivity contribution in [2.45, 2.75) is 6.92 Å². The summed E-state index contributed by atoms with van der Waals surface area (Å²) in [4.78, 5) is 0. The smallest absolute Gasteiger partial charge is 0.169 e. The van der Waals surface area contributed by atoms with Crippen molar-refractivity contribution in [3.63, 3.8) is 0 Å². The molecule has 0 unspecified atom stereocenters. The summed E-state index contributed by atoms with van der Waals surface area (Å²) in [7, 11) is 0. The lowest BCUT2D eigenvalue weighted by Crippen LogP contribution is -1.98. The summed E-state index contributed by atoms with van der Waals surface area (Å²) < 4.78 is 11.5. The van der Waals surface area contributed by atoms with E-state index in [0.717, 1.165) is 21.4 Å². The van der Waals surface area contributed by atoms with Gasteiger partial charge in [0, 0.05) is 11.6 Å². The second-order valence-corrected chi connectivity index (χ2v) is 4.86. The monoisotopic (exact) mass is 308 g/mol. The van der Waals surface area contributed by atoms with E-state index in [0.29, 0.717) is 18.2 Å². The quantitative estimate of drug-likeness (QED) is 0.876. The molecule has 0 radical (unpaired) electrons. The van der Waals surface area contributed by atoms with Gasteiger partial charge in [0.05, 0.1) is 4.47 Å². The minimum atomic E-state index is 0.365. The van der Waals surface area contributed by atoms with Crippen LogP contribution in [0.3, 0.4) is 0 Å². The highest BCUT2D eigenvalue weighted by Gasteiger charge is 2.08. The van der Waals surface area contributed by atoms with Gasteiger partial charge in [-0.2, -0.15) is 0 Å². The molecule has 0 aliphatic heterocycles. The van der Waals surface area contributed by atoms with Crippen LogP contribution in [0.15, 0.2) is 45.4 Å². The Morgan fingerprint density at radius 3 is 2.83 bits per heavy atom. The van der Waals surface area contributed by atoms with Crippen molar-refractivity contribution in [1.29, 1.82) is 0 Å². The number of aromatic nitrogens is 1. The molecule has 94 valence electrons. The molecule has 0 fully saturated rings. The SMILES string of the molecule is C=C(C)COc1ccc(-c2cc(N)no2)cc1Br. The van der Waals surface area contributed by atoms with E-state index in [1.165, 1.54) is 0 Å². The fraction of sp³-hybridized carbons (Fsp3) is 0.154. The third-order valence-electron chi connectivity index (χ3n) is 2.22.